The third-order valence-corrected chi connectivity index (χ3v) is 8.96. The third-order valence-electron chi connectivity index (χ3n) is 8.96. The zero-order valence-electron chi connectivity index (χ0n) is 29.8. The standard InChI is InChI=1S/C38H53N7O5/c1-4-7-14-33-40-34(15-8-5-2)45(41-33)27-28-17-19-29(20-18-28)30-12-10-11-13-31(30)37(48)43-23-25-44(26-24-43)42-36(47)22-21-32(38(49)50)39-35(46)16-9-6-3/h10-13,17-20,32H,4-9,14-16,21-27H2,1-3H3,(H,39,46)(H,42,47)(H,49,50). The summed E-state index contributed by atoms with van der Waals surface area (Å²) in [5.41, 5.74) is 6.39. The lowest BCUT2D eigenvalue weighted by molar-refractivity contribution is -0.142. The van der Waals surface area contributed by atoms with Crippen molar-refractivity contribution in [2.45, 2.75) is 104 Å². The lowest BCUT2D eigenvalue weighted by Crippen LogP contribution is -2.55. The number of hydrogen-bond acceptors (Lipinski definition) is 7. The summed E-state index contributed by atoms with van der Waals surface area (Å²) in [6, 6.07) is 14.8. The van der Waals surface area contributed by atoms with E-state index in [0.717, 1.165) is 73.3 Å². The monoisotopic (exact) mass is 687 g/mol. The van der Waals surface area contributed by atoms with Gasteiger partial charge in [-0.05, 0) is 48.4 Å². The van der Waals surface area contributed by atoms with E-state index in [9.17, 15) is 24.3 Å². The van der Waals surface area contributed by atoms with Crippen LogP contribution in [0, 0.1) is 0 Å². The molecular formula is C38H53N7O5. The maximum atomic E-state index is 13.7. The number of carboxylic acid groups (broad SMARTS) is 1. The van der Waals surface area contributed by atoms with Gasteiger partial charge >= 0.3 is 5.97 Å². The maximum absolute atomic E-state index is 13.7. The number of benzene rings is 2. The summed E-state index contributed by atoms with van der Waals surface area (Å²) in [5, 5.41) is 18.5. The molecule has 1 aromatic heterocycles. The highest BCUT2D eigenvalue weighted by atomic mass is 16.4. The van der Waals surface area contributed by atoms with Crippen molar-refractivity contribution < 1.29 is 24.3 Å². The summed E-state index contributed by atoms with van der Waals surface area (Å²) in [7, 11) is 0. The quantitative estimate of drug-likeness (QED) is 0.159. The van der Waals surface area contributed by atoms with Crippen LogP contribution in [-0.2, 0) is 33.8 Å². The highest BCUT2D eigenvalue weighted by Crippen LogP contribution is 2.26. The molecule has 1 fully saturated rings. The molecule has 12 nitrogen and oxygen atoms in total. The number of aryl methyl sites for hydroxylation is 2. The average molecular weight is 688 g/mol. The number of nitrogens with zero attached hydrogens (tertiary/aromatic N) is 5. The van der Waals surface area contributed by atoms with Gasteiger partial charge in [-0.2, -0.15) is 5.10 Å². The van der Waals surface area contributed by atoms with Crippen molar-refractivity contribution in [1.29, 1.82) is 0 Å². The Hall–Kier alpha value is -4.58. The Bertz CT molecular complexity index is 1560. The molecule has 2 heterocycles. The Kier molecular flexibility index (Phi) is 15.0. The van der Waals surface area contributed by atoms with Gasteiger partial charge in [0.15, 0.2) is 5.82 Å². The molecule has 0 bridgehead atoms. The molecule has 0 aliphatic carbocycles. The van der Waals surface area contributed by atoms with E-state index in [4.69, 9.17) is 10.1 Å². The number of aliphatic carboxylic acids is 1. The van der Waals surface area contributed by atoms with Crippen molar-refractivity contribution in [3.63, 3.8) is 0 Å². The smallest absolute Gasteiger partial charge is 0.326 e. The summed E-state index contributed by atoms with van der Waals surface area (Å²) >= 11 is 0. The Morgan fingerprint density at radius 1 is 0.820 bits per heavy atom. The van der Waals surface area contributed by atoms with E-state index >= 15 is 0 Å². The highest BCUT2D eigenvalue weighted by molar-refractivity contribution is 6.01. The molecule has 1 aliphatic rings. The number of piperazine rings is 1. The van der Waals surface area contributed by atoms with E-state index in [0.29, 0.717) is 44.7 Å². The summed E-state index contributed by atoms with van der Waals surface area (Å²) in [6.45, 7) is 8.69. The van der Waals surface area contributed by atoms with Gasteiger partial charge in [-0.15, -0.1) is 0 Å². The molecule has 3 N–H and O–H groups in total. The predicted molar refractivity (Wildman–Crippen MR) is 192 cm³/mol. The third kappa shape index (κ3) is 11.2. The number of aromatic nitrogens is 3. The van der Waals surface area contributed by atoms with Crippen molar-refractivity contribution in [2.75, 3.05) is 26.2 Å². The Balaban J connectivity index is 1.32. The molecule has 50 heavy (non-hydrogen) atoms. The summed E-state index contributed by atoms with van der Waals surface area (Å²) in [6.07, 6.45) is 7.90. The van der Waals surface area contributed by atoms with Gasteiger partial charge in [0, 0.05) is 57.4 Å². The van der Waals surface area contributed by atoms with Crippen LogP contribution in [0.2, 0.25) is 0 Å². The SMILES string of the molecule is CCCCC(=O)NC(CCC(=O)NN1CCN(C(=O)c2ccccc2-c2ccc(Cn3nc(CCCC)nc3CCCC)cc2)CC1)C(=O)O. The first-order valence-electron chi connectivity index (χ1n) is 18.2. The fraction of sp³-hybridized carbons (Fsp3) is 0.526. The van der Waals surface area contributed by atoms with Gasteiger partial charge < -0.3 is 15.3 Å². The van der Waals surface area contributed by atoms with Crippen LogP contribution in [0.15, 0.2) is 48.5 Å². The van der Waals surface area contributed by atoms with Crippen LogP contribution in [0.1, 0.15) is 106 Å². The zero-order chi connectivity index (χ0) is 35.9. The Labute approximate surface area is 295 Å². The number of hydrazine groups is 1. The normalized spacial score (nSPS) is 13.9. The van der Waals surface area contributed by atoms with Crippen LogP contribution in [-0.4, -0.2) is 85.7 Å². The first-order chi connectivity index (χ1) is 24.2. The first kappa shape index (κ1) is 38.2. The van der Waals surface area contributed by atoms with Gasteiger partial charge in [0.2, 0.25) is 11.8 Å². The van der Waals surface area contributed by atoms with Gasteiger partial charge in [-0.3, -0.25) is 19.8 Å². The van der Waals surface area contributed by atoms with Gasteiger partial charge in [0.1, 0.15) is 11.9 Å². The van der Waals surface area contributed by atoms with Crippen molar-refractivity contribution in [3.05, 3.63) is 71.3 Å². The summed E-state index contributed by atoms with van der Waals surface area (Å²) < 4.78 is 2.04. The predicted octanol–water partition coefficient (Wildman–Crippen LogP) is 5.01. The average Bonchev–Trinajstić information content (AvgIpc) is 3.51. The molecule has 1 aliphatic heterocycles. The van der Waals surface area contributed by atoms with E-state index in [1.54, 1.807) is 9.91 Å². The topological polar surface area (TPSA) is 150 Å². The van der Waals surface area contributed by atoms with E-state index < -0.39 is 12.0 Å². The van der Waals surface area contributed by atoms with Gasteiger partial charge in [-0.25, -0.2) is 19.5 Å². The molecule has 1 unspecified atom stereocenters. The highest BCUT2D eigenvalue weighted by Gasteiger charge is 2.26. The number of unbranched alkanes of at least 4 members (excludes halogenated alkanes) is 3. The van der Waals surface area contributed by atoms with E-state index in [2.05, 4.69) is 48.9 Å². The Morgan fingerprint density at radius 2 is 1.50 bits per heavy atom. The van der Waals surface area contributed by atoms with E-state index in [1.807, 2.05) is 35.9 Å². The van der Waals surface area contributed by atoms with Gasteiger partial charge in [0.25, 0.3) is 5.91 Å². The molecular weight excluding hydrogens is 634 g/mol. The minimum atomic E-state index is -1.16. The summed E-state index contributed by atoms with van der Waals surface area (Å²) in [5.74, 6) is 0.0682. The largest absolute Gasteiger partial charge is 0.480 e. The maximum Gasteiger partial charge on any atom is 0.326 e. The zero-order valence-corrected chi connectivity index (χ0v) is 29.8. The van der Waals surface area contributed by atoms with Gasteiger partial charge in [-0.1, -0.05) is 82.5 Å². The minimum Gasteiger partial charge on any atom is -0.480 e. The van der Waals surface area contributed by atoms with Crippen molar-refractivity contribution in [1.82, 2.24) is 35.4 Å². The van der Waals surface area contributed by atoms with E-state index in [1.165, 1.54) is 0 Å². The minimum absolute atomic E-state index is 0.00430. The molecule has 4 rings (SSSR count). The second kappa shape index (κ2) is 19.6. The van der Waals surface area contributed by atoms with Crippen LogP contribution < -0.4 is 10.7 Å². The van der Waals surface area contributed by atoms with Crippen LogP contribution in [0.25, 0.3) is 11.1 Å². The second-order valence-corrected chi connectivity index (χ2v) is 13.0. The molecule has 0 radical (unpaired) electrons. The molecule has 1 atom stereocenters. The van der Waals surface area contributed by atoms with Crippen molar-refractivity contribution in [2.24, 2.45) is 0 Å². The van der Waals surface area contributed by atoms with E-state index in [-0.39, 0.29) is 37.0 Å². The Morgan fingerprint density at radius 3 is 2.18 bits per heavy atom. The summed E-state index contributed by atoms with van der Waals surface area (Å²) in [4.78, 5) is 56.6. The number of carbonyl (C=O) groups is 4. The molecule has 2 aromatic carbocycles. The molecule has 3 aromatic rings. The number of nitrogens with one attached hydrogen (secondary N) is 2. The molecule has 3 amide bonds. The number of carboxylic acids is 1. The molecule has 0 spiro atoms. The number of carbonyl (C=O) groups excluding carboxylic acids is 3. The van der Waals surface area contributed by atoms with Crippen LogP contribution in [0.4, 0.5) is 0 Å². The van der Waals surface area contributed by atoms with Crippen molar-refractivity contribution >= 4 is 23.7 Å². The van der Waals surface area contributed by atoms with Crippen LogP contribution in [0.5, 0.6) is 0 Å². The second-order valence-electron chi connectivity index (χ2n) is 13.0. The molecule has 270 valence electrons. The van der Waals surface area contributed by atoms with Crippen LogP contribution in [0.3, 0.4) is 0 Å². The number of amides is 3. The number of hydrogen-bond donors (Lipinski definition) is 3. The lowest BCUT2D eigenvalue weighted by atomic mass is 9.97. The van der Waals surface area contributed by atoms with Crippen LogP contribution >= 0.6 is 0 Å². The fourth-order valence-electron chi connectivity index (χ4n) is 5.96. The lowest BCUT2D eigenvalue weighted by Gasteiger charge is -2.35. The fourth-order valence-corrected chi connectivity index (χ4v) is 5.96. The molecule has 1 saturated heterocycles. The molecule has 12 heteroatoms. The molecule has 0 saturated carbocycles. The number of rotatable bonds is 19. The first-order valence-corrected chi connectivity index (χ1v) is 18.2. The van der Waals surface area contributed by atoms with Gasteiger partial charge in [0.05, 0.1) is 6.54 Å². The van der Waals surface area contributed by atoms with Crippen molar-refractivity contribution in [3.8, 4) is 11.1 Å².